The summed E-state index contributed by atoms with van der Waals surface area (Å²) in [5.74, 6) is -0.391. The monoisotopic (exact) mass is 689 g/mol. The van der Waals surface area contributed by atoms with Gasteiger partial charge >= 0.3 is 18.5 Å². The number of aliphatic imine (C=N–C) groups is 1. The molecule has 1 fully saturated rings. The Kier molecular flexibility index (Phi) is 9.44. The third-order valence-electron chi connectivity index (χ3n) is 7.31. The first-order valence-electron chi connectivity index (χ1n) is 13.8. The van der Waals surface area contributed by atoms with Gasteiger partial charge in [0.25, 0.3) is 5.91 Å². The number of anilines is 1. The number of ether oxygens (including phenoxy) is 2. The molecular formula is C31H24F9N3O3S. The van der Waals surface area contributed by atoms with Crippen molar-refractivity contribution in [2.75, 3.05) is 38.2 Å². The topological polar surface area (TPSA) is 54.4 Å². The molecule has 0 radical (unpaired) electrons. The van der Waals surface area contributed by atoms with Crippen LogP contribution < -0.4 is 14.4 Å². The number of rotatable bonds is 6. The molecule has 0 spiro atoms. The molecular weight excluding hydrogens is 665 g/mol. The van der Waals surface area contributed by atoms with Gasteiger partial charge in [0.15, 0.2) is 16.7 Å². The number of hydrogen-bond acceptors (Lipinski definition) is 6. The molecule has 6 nitrogen and oxygen atoms in total. The molecule has 2 aliphatic rings. The van der Waals surface area contributed by atoms with Crippen molar-refractivity contribution >= 4 is 34.6 Å². The number of methoxy groups -OCH3 is 1. The van der Waals surface area contributed by atoms with Gasteiger partial charge in [-0.3, -0.25) is 4.79 Å². The third-order valence-corrected chi connectivity index (χ3v) is 8.35. The molecule has 3 aromatic rings. The molecule has 16 heteroatoms. The molecule has 0 unspecified atom stereocenters. The molecule has 0 saturated carbocycles. The highest BCUT2D eigenvalue weighted by atomic mass is 32.2. The van der Waals surface area contributed by atoms with Crippen molar-refractivity contribution in [3.8, 4) is 11.5 Å². The Morgan fingerprint density at radius 2 is 1.45 bits per heavy atom. The van der Waals surface area contributed by atoms with Crippen LogP contribution in [0.1, 0.15) is 27.8 Å². The van der Waals surface area contributed by atoms with Crippen molar-refractivity contribution in [3.05, 3.63) is 93.4 Å². The number of alkyl halides is 9. The molecule has 47 heavy (non-hydrogen) atoms. The molecule has 3 aromatic carbocycles. The van der Waals surface area contributed by atoms with Crippen molar-refractivity contribution in [3.63, 3.8) is 0 Å². The molecule has 0 aliphatic carbocycles. The summed E-state index contributed by atoms with van der Waals surface area (Å²) in [5, 5.41) is 0.439. The van der Waals surface area contributed by atoms with Crippen LogP contribution in [-0.2, 0) is 29.9 Å². The van der Waals surface area contributed by atoms with Crippen LogP contribution in [0.25, 0.3) is 6.08 Å². The van der Waals surface area contributed by atoms with E-state index in [1.54, 1.807) is 6.07 Å². The van der Waals surface area contributed by atoms with Crippen LogP contribution in [0.15, 0.2) is 70.6 Å². The normalized spacial score (nSPS) is 16.9. The molecule has 2 aliphatic heterocycles. The number of amidine groups is 1. The lowest BCUT2D eigenvalue weighted by molar-refractivity contribution is -0.143. The van der Waals surface area contributed by atoms with Gasteiger partial charge in [0.1, 0.15) is 6.61 Å². The zero-order chi connectivity index (χ0) is 34.1. The Labute approximate surface area is 266 Å². The van der Waals surface area contributed by atoms with E-state index in [1.165, 1.54) is 37.5 Å². The number of nitrogens with zero attached hydrogens (tertiary/aromatic N) is 3. The van der Waals surface area contributed by atoms with Crippen LogP contribution in [0.5, 0.6) is 11.5 Å². The Morgan fingerprint density at radius 3 is 2.09 bits per heavy atom. The second-order valence-electron chi connectivity index (χ2n) is 10.4. The first kappa shape index (κ1) is 34.0. The summed E-state index contributed by atoms with van der Waals surface area (Å²) in [6, 6.07) is 10.7. The maximum Gasteiger partial charge on any atom is 0.416 e. The number of amides is 1. The summed E-state index contributed by atoms with van der Waals surface area (Å²) in [7, 11) is 1.29. The van der Waals surface area contributed by atoms with Gasteiger partial charge < -0.3 is 19.3 Å². The van der Waals surface area contributed by atoms with Crippen molar-refractivity contribution in [2.45, 2.75) is 25.1 Å². The van der Waals surface area contributed by atoms with Gasteiger partial charge in [-0.1, -0.05) is 18.2 Å². The number of thioether (sulfide) groups is 1. The number of carbonyl (C=O) groups is 1. The molecule has 1 amide bonds. The average molecular weight is 690 g/mol. The summed E-state index contributed by atoms with van der Waals surface area (Å²) in [6.45, 7) is 0.943. The van der Waals surface area contributed by atoms with E-state index in [-0.39, 0.29) is 22.5 Å². The Hall–Kier alpha value is -4.34. The largest absolute Gasteiger partial charge is 0.493 e. The standard InChI is InChI=1S/C31H24F9N3O3S/c1-45-25-13-18(5-8-24(25)46-17-19-6-7-21(30(35,36)37)16-23(19)31(38,39)40)14-26-27(44)41-28(47-26)43-11-9-42(10-12-43)22-4-2-3-20(15-22)29(32,33)34/h2-8,13-16H,9-12,17H2,1H3. The van der Waals surface area contributed by atoms with E-state index >= 15 is 0 Å². The first-order valence-corrected chi connectivity index (χ1v) is 14.6. The lowest BCUT2D eigenvalue weighted by Crippen LogP contribution is -2.47. The Balaban J connectivity index is 1.23. The zero-order valence-corrected chi connectivity index (χ0v) is 25.1. The van der Waals surface area contributed by atoms with E-state index in [0.29, 0.717) is 54.7 Å². The molecule has 1 saturated heterocycles. The molecule has 0 aromatic heterocycles. The summed E-state index contributed by atoms with van der Waals surface area (Å²) in [4.78, 5) is 20.8. The fourth-order valence-electron chi connectivity index (χ4n) is 4.91. The number of piperazine rings is 1. The number of halogens is 9. The lowest BCUT2D eigenvalue weighted by Gasteiger charge is -2.36. The fraction of sp³-hybridized carbons (Fsp3) is 0.290. The van der Waals surface area contributed by atoms with Crippen LogP contribution in [0, 0.1) is 0 Å². The number of benzene rings is 3. The zero-order valence-electron chi connectivity index (χ0n) is 24.3. The number of hydrogen-bond donors (Lipinski definition) is 0. The SMILES string of the molecule is COc1cc(C=C2SC(N3CCN(c4cccc(C(F)(F)F)c4)CC3)=NC2=O)ccc1OCc1ccc(C(F)(F)F)cc1C(F)(F)F. The maximum absolute atomic E-state index is 13.5. The van der Waals surface area contributed by atoms with Crippen molar-refractivity contribution < 1.29 is 53.8 Å². The Bertz CT molecular complexity index is 1710. The highest BCUT2D eigenvalue weighted by Crippen LogP contribution is 2.39. The van der Waals surface area contributed by atoms with Crippen LogP contribution >= 0.6 is 11.8 Å². The van der Waals surface area contributed by atoms with E-state index in [0.717, 1.165) is 23.9 Å². The second kappa shape index (κ2) is 13.0. The van der Waals surface area contributed by atoms with E-state index in [2.05, 4.69) is 4.99 Å². The van der Waals surface area contributed by atoms with Gasteiger partial charge in [0.05, 0.1) is 28.7 Å². The minimum absolute atomic E-state index is 0.0173. The average Bonchev–Trinajstić information content (AvgIpc) is 3.38. The molecule has 0 N–H and O–H groups in total. The molecule has 0 atom stereocenters. The van der Waals surface area contributed by atoms with Gasteiger partial charge in [-0.2, -0.15) is 44.5 Å². The maximum atomic E-state index is 13.5. The van der Waals surface area contributed by atoms with Crippen LogP contribution in [0.4, 0.5) is 45.2 Å². The van der Waals surface area contributed by atoms with Crippen molar-refractivity contribution in [1.29, 1.82) is 0 Å². The van der Waals surface area contributed by atoms with E-state index < -0.39 is 53.3 Å². The number of carbonyl (C=O) groups excluding carboxylic acids is 1. The lowest BCUT2D eigenvalue weighted by atomic mass is 10.0. The van der Waals surface area contributed by atoms with Crippen LogP contribution in [-0.4, -0.2) is 49.3 Å². The van der Waals surface area contributed by atoms with Gasteiger partial charge in [-0.25, -0.2) is 0 Å². The summed E-state index contributed by atoms with van der Waals surface area (Å²) in [6.07, 6.45) is -12.9. The van der Waals surface area contributed by atoms with Crippen molar-refractivity contribution in [2.24, 2.45) is 4.99 Å². The minimum atomic E-state index is -5.05. The first-order chi connectivity index (χ1) is 22.0. The van der Waals surface area contributed by atoms with E-state index in [1.807, 2.05) is 9.80 Å². The molecule has 250 valence electrons. The predicted octanol–water partition coefficient (Wildman–Crippen LogP) is 8.12. The van der Waals surface area contributed by atoms with Gasteiger partial charge in [0.2, 0.25) is 0 Å². The molecule has 0 bridgehead atoms. The smallest absolute Gasteiger partial charge is 0.416 e. The minimum Gasteiger partial charge on any atom is -0.493 e. The van der Waals surface area contributed by atoms with E-state index in [4.69, 9.17) is 9.47 Å². The highest BCUT2D eigenvalue weighted by Gasteiger charge is 2.38. The van der Waals surface area contributed by atoms with Crippen LogP contribution in [0.3, 0.4) is 0 Å². The van der Waals surface area contributed by atoms with Crippen LogP contribution in [0.2, 0.25) is 0 Å². The summed E-state index contributed by atoms with van der Waals surface area (Å²) < 4.78 is 130. The fourth-order valence-corrected chi connectivity index (χ4v) is 5.88. The molecule has 5 rings (SSSR count). The van der Waals surface area contributed by atoms with E-state index in [9.17, 15) is 44.3 Å². The van der Waals surface area contributed by atoms with Gasteiger partial charge in [-0.15, -0.1) is 0 Å². The molecule has 2 heterocycles. The summed E-state index contributed by atoms with van der Waals surface area (Å²) in [5.41, 5.74) is -3.24. The van der Waals surface area contributed by atoms with Crippen molar-refractivity contribution in [1.82, 2.24) is 4.90 Å². The Morgan fingerprint density at radius 1 is 0.787 bits per heavy atom. The van der Waals surface area contributed by atoms with Gasteiger partial charge in [0, 0.05) is 37.4 Å². The third kappa shape index (κ3) is 7.97. The second-order valence-corrected chi connectivity index (χ2v) is 11.4. The summed E-state index contributed by atoms with van der Waals surface area (Å²) >= 11 is 1.12. The van der Waals surface area contributed by atoms with Gasteiger partial charge in [-0.05, 0) is 65.9 Å². The quantitative estimate of drug-likeness (QED) is 0.193. The predicted molar refractivity (Wildman–Crippen MR) is 157 cm³/mol. The highest BCUT2D eigenvalue weighted by molar-refractivity contribution is 8.18.